The molecule has 0 amide bonds. The Morgan fingerprint density at radius 3 is 3.00 bits per heavy atom. The van der Waals surface area contributed by atoms with E-state index in [0.29, 0.717) is 5.13 Å². The van der Waals surface area contributed by atoms with Crippen LogP contribution in [-0.2, 0) is 0 Å². The Labute approximate surface area is 82.3 Å². The molecule has 2 aromatic rings. The highest BCUT2D eigenvalue weighted by Crippen LogP contribution is 2.30. The molecule has 1 aromatic heterocycles. The second-order valence-electron chi connectivity index (χ2n) is 2.37. The Bertz CT molecular complexity index is 456. The van der Waals surface area contributed by atoms with Crippen molar-refractivity contribution >= 4 is 38.3 Å². The van der Waals surface area contributed by atoms with E-state index in [1.807, 2.05) is 0 Å². The molecule has 0 saturated carbocycles. The van der Waals surface area contributed by atoms with E-state index < -0.39 is 5.82 Å². The molecule has 0 aliphatic heterocycles. The predicted molar refractivity (Wildman–Crippen MR) is 52.4 cm³/mol. The normalized spacial score (nSPS) is 10.7. The SMILES string of the molecule is NNc1nc2c(F)c(Cl)ccc2s1. The van der Waals surface area contributed by atoms with Gasteiger partial charge in [0.05, 0.1) is 9.72 Å². The first-order valence-corrected chi connectivity index (χ1v) is 4.63. The number of hydrogen-bond donors (Lipinski definition) is 2. The number of nitrogens with one attached hydrogen (secondary N) is 1. The number of halogens is 2. The number of rotatable bonds is 1. The minimum absolute atomic E-state index is 0.0707. The zero-order chi connectivity index (χ0) is 9.42. The number of thiazole rings is 1. The molecule has 0 unspecified atom stereocenters. The van der Waals surface area contributed by atoms with Crippen LogP contribution in [-0.4, -0.2) is 4.98 Å². The Kier molecular flexibility index (Phi) is 2.07. The van der Waals surface area contributed by atoms with Gasteiger partial charge in [-0.15, -0.1) is 0 Å². The Morgan fingerprint density at radius 2 is 2.31 bits per heavy atom. The minimum atomic E-state index is -0.503. The molecule has 0 saturated heterocycles. The lowest BCUT2D eigenvalue weighted by molar-refractivity contribution is 0.638. The topological polar surface area (TPSA) is 50.9 Å². The van der Waals surface area contributed by atoms with Gasteiger partial charge in [-0.1, -0.05) is 22.9 Å². The van der Waals surface area contributed by atoms with Crippen molar-refractivity contribution < 1.29 is 4.39 Å². The molecule has 0 spiro atoms. The van der Waals surface area contributed by atoms with Crippen molar-refractivity contribution in [2.75, 3.05) is 5.43 Å². The highest BCUT2D eigenvalue weighted by atomic mass is 35.5. The fraction of sp³-hybridized carbons (Fsp3) is 0. The molecule has 6 heteroatoms. The lowest BCUT2D eigenvalue weighted by atomic mass is 10.3. The Balaban J connectivity index is 2.76. The number of fused-ring (bicyclic) bond motifs is 1. The first-order valence-electron chi connectivity index (χ1n) is 3.43. The van der Waals surface area contributed by atoms with Crippen LogP contribution in [0.1, 0.15) is 0 Å². The van der Waals surface area contributed by atoms with Gasteiger partial charge in [-0.05, 0) is 12.1 Å². The van der Waals surface area contributed by atoms with Crippen molar-refractivity contribution in [1.29, 1.82) is 0 Å². The standard InChI is InChI=1S/C7H5ClFN3S/c8-3-1-2-4-6(5(3)9)11-7(12-10)13-4/h1-2H,10H2,(H,11,12). The van der Waals surface area contributed by atoms with Crippen molar-refractivity contribution in [2.24, 2.45) is 5.84 Å². The summed E-state index contributed by atoms with van der Waals surface area (Å²) in [6.45, 7) is 0. The van der Waals surface area contributed by atoms with E-state index in [2.05, 4.69) is 10.4 Å². The van der Waals surface area contributed by atoms with Gasteiger partial charge >= 0.3 is 0 Å². The van der Waals surface area contributed by atoms with E-state index in [-0.39, 0.29) is 10.5 Å². The summed E-state index contributed by atoms with van der Waals surface area (Å²) in [6.07, 6.45) is 0. The summed E-state index contributed by atoms with van der Waals surface area (Å²) in [6, 6.07) is 3.21. The zero-order valence-corrected chi connectivity index (χ0v) is 7.92. The van der Waals surface area contributed by atoms with Crippen molar-refractivity contribution in [1.82, 2.24) is 4.98 Å². The molecule has 0 atom stereocenters. The fourth-order valence-corrected chi connectivity index (χ4v) is 1.92. The van der Waals surface area contributed by atoms with E-state index in [4.69, 9.17) is 17.4 Å². The average Bonchev–Trinajstić information content (AvgIpc) is 2.55. The molecule has 68 valence electrons. The molecular weight excluding hydrogens is 213 g/mol. The van der Waals surface area contributed by atoms with E-state index in [0.717, 1.165) is 4.70 Å². The van der Waals surface area contributed by atoms with Gasteiger partial charge in [0.15, 0.2) is 10.9 Å². The summed E-state index contributed by atoms with van der Waals surface area (Å²) in [5.74, 6) is 4.64. The number of aromatic nitrogens is 1. The van der Waals surface area contributed by atoms with E-state index in [9.17, 15) is 4.39 Å². The molecule has 3 N–H and O–H groups in total. The molecule has 2 rings (SSSR count). The third-order valence-corrected chi connectivity index (χ3v) is 2.82. The molecule has 1 aromatic carbocycles. The Morgan fingerprint density at radius 1 is 1.54 bits per heavy atom. The highest BCUT2D eigenvalue weighted by Gasteiger charge is 2.10. The molecule has 0 aliphatic carbocycles. The van der Waals surface area contributed by atoms with Gasteiger partial charge in [-0.25, -0.2) is 15.2 Å². The molecule has 0 bridgehead atoms. The Hall–Kier alpha value is -0.910. The van der Waals surface area contributed by atoms with Gasteiger partial charge in [0.2, 0.25) is 0 Å². The number of nitrogens with two attached hydrogens (primary N) is 1. The molecule has 1 heterocycles. The predicted octanol–water partition coefficient (Wildman–Crippen LogP) is 2.37. The second-order valence-corrected chi connectivity index (χ2v) is 3.81. The molecular formula is C7H5ClFN3S. The number of hydrogen-bond acceptors (Lipinski definition) is 4. The number of nitrogens with zero attached hydrogens (tertiary/aromatic N) is 1. The summed E-state index contributed by atoms with van der Waals surface area (Å²) in [4.78, 5) is 3.91. The largest absolute Gasteiger partial charge is 0.300 e. The molecule has 0 fully saturated rings. The fourth-order valence-electron chi connectivity index (χ4n) is 0.999. The average molecular weight is 218 g/mol. The highest BCUT2D eigenvalue weighted by molar-refractivity contribution is 7.22. The lowest BCUT2D eigenvalue weighted by Crippen LogP contribution is -2.05. The van der Waals surface area contributed by atoms with Gasteiger partial charge in [-0.2, -0.15) is 0 Å². The number of benzene rings is 1. The first kappa shape index (κ1) is 8.68. The van der Waals surface area contributed by atoms with Gasteiger partial charge in [-0.3, -0.25) is 5.43 Å². The van der Waals surface area contributed by atoms with Crippen LogP contribution in [0.15, 0.2) is 12.1 Å². The van der Waals surface area contributed by atoms with E-state index in [1.54, 1.807) is 6.07 Å². The third kappa shape index (κ3) is 1.35. The summed E-state index contributed by atoms with van der Waals surface area (Å²) in [5.41, 5.74) is 2.62. The molecule has 0 radical (unpaired) electrons. The van der Waals surface area contributed by atoms with Crippen molar-refractivity contribution in [3.8, 4) is 0 Å². The maximum Gasteiger partial charge on any atom is 0.198 e. The van der Waals surface area contributed by atoms with Crippen LogP contribution < -0.4 is 11.3 Å². The van der Waals surface area contributed by atoms with Crippen LogP contribution in [0, 0.1) is 5.82 Å². The van der Waals surface area contributed by atoms with Crippen LogP contribution in [0.5, 0.6) is 0 Å². The van der Waals surface area contributed by atoms with Crippen molar-refractivity contribution in [3.63, 3.8) is 0 Å². The second kappa shape index (κ2) is 3.10. The smallest absolute Gasteiger partial charge is 0.198 e. The minimum Gasteiger partial charge on any atom is -0.300 e. The number of anilines is 1. The number of hydrazine groups is 1. The van der Waals surface area contributed by atoms with Gasteiger partial charge in [0.25, 0.3) is 0 Å². The van der Waals surface area contributed by atoms with Gasteiger partial charge in [0.1, 0.15) is 5.52 Å². The van der Waals surface area contributed by atoms with Gasteiger partial charge in [0, 0.05) is 0 Å². The maximum atomic E-state index is 13.3. The number of nitrogen functional groups attached to an aromatic ring is 1. The zero-order valence-electron chi connectivity index (χ0n) is 6.34. The van der Waals surface area contributed by atoms with Crippen molar-refractivity contribution in [2.45, 2.75) is 0 Å². The van der Waals surface area contributed by atoms with Crippen LogP contribution in [0.4, 0.5) is 9.52 Å². The van der Waals surface area contributed by atoms with Crippen LogP contribution >= 0.6 is 22.9 Å². The monoisotopic (exact) mass is 217 g/mol. The van der Waals surface area contributed by atoms with Crippen molar-refractivity contribution in [3.05, 3.63) is 23.0 Å². The van der Waals surface area contributed by atoms with Gasteiger partial charge < -0.3 is 0 Å². The lowest BCUT2D eigenvalue weighted by Gasteiger charge is -1.92. The van der Waals surface area contributed by atoms with E-state index >= 15 is 0 Å². The van der Waals surface area contributed by atoms with Crippen LogP contribution in [0.25, 0.3) is 10.2 Å². The van der Waals surface area contributed by atoms with Crippen LogP contribution in [0.3, 0.4) is 0 Å². The summed E-state index contributed by atoms with van der Waals surface area (Å²) in [5, 5.41) is 0.539. The summed E-state index contributed by atoms with van der Waals surface area (Å²) >= 11 is 6.85. The molecule has 0 aliphatic rings. The summed E-state index contributed by atoms with van der Waals surface area (Å²) < 4.78 is 14.0. The first-order chi connectivity index (χ1) is 6.22. The maximum absolute atomic E-state index is 13.3. The van der Waals surface area contributed by atoms with Crippen LogP contribution in [0.2, 0.25) is 5.02 Å². The third-order valence-electron chi connectivity index (χ3n) is 1.58. The summed E-state index contributed by atoms with van der Waals surface area (Å²) in [7, 11) is 0. The van der Waals surface area contributed by atoms with E-state index in [1.165, 1.54) is 17.4 Å². The molecule has 3 nitrogen and oxygen atoms in total. The quantitative estimate of drug-likeness (QED) is 0.570. The molecule has 13 heavy (non-hydrogen) atoms.